The van der Waals surface area contributed by atoms with Gasteiger partial charge in [0.1, 0.15) is 5.82 Å². The van der Waals surface area contributed by atoms with E-state index in [0.717, 1.165) is 33.9 Å². The maximum atomic E-state index is 5.53. The Bertz CT molecular complexity index is 532. The first-order chi connectivity index (χ1) is 8.61. The van der Waals surface area contributed by atoms with Gasteiger partial charge in [-0.05, 0) is 20.4 Å². The van der Waals surface area contributed by atoms with Crippen molar-refractivity contribution in [3.8, 4) is 0 Å². The Morgan fingerprint density at radius 3 is 2.72 bits per heavy atom. The highest BCUT2D eigenvalue weighted by atomic mass is 32.2. The number of aryl methyl sites for hydroxylation is 2. The molecule has 2 N–H and O–H groups in total. The molecule has 0 spiro atoms. The number of hydrogen-bond acceptors (Lipinski definition) is 6. The molecule has 98 valence electrons. The second-order valence-corrected chi connectivity index (χ2v) is 6.26. The molecule has 2 aromatic rings. The van der Waals surface area contributed by atoms with Crippen molar-refractivity contribution in [3.05, 3.63) is 21.4 Å². The van der Waals surface area contributed by atoms with E-state index >= 15 is 0 Å². The van der Waals surface area contributed by atoms with E-state index in [1.807, 2.05) is 18.5 Å². The van der Waals surface area contributed by atoms with Gasteiger partial charge in [0.15, 0.2) is 5.16 Å². The lowest BCUT2D eigenvalue weighted by Crippen LogP contribution is -2.08. The van der Waals surface area contributed by atoms with Crippen LogP contribution in [0.25, 0.3) is 0 Å². The van der Waals surface area contributed by atoms with Gasteiger partial charge in [0.25, 0.3) is 0 Å². The third-order valence-corrected chi connectivity index (χ3v) is 4.93. The Morgan fingerprint density at radius 2 is 2.11 bits per heavy atom. The Morgan fingerprint density at radius 1 is 1.33 bits per heavy atom. The lowest BCUT2D eigenvalue weighted by atomic mass is 10.4. The fourth-order valence-corrected chi connectivity index (χ4v) is 3.67. The van der Waals surface area contributed by atoms with E-state index in [9.17, 15) is 0 Å². The van der Waals surface area contributed by atoms with Gasteiger partial charge < -0.3 is 10.3 Å². The van der Waals surface area contributed by atoms with Crippen LogP contribution in [-0.4, -0.2) is 26.3 Å². The second kappa shape index (κ2) is 5.81. The SMILES string of the molecule is Cc1nc(C)c(CSc2nnc(CCN)n2C)s1. The van der Waals surface area contributed by atoms with Crippen molar-refractivity contribution in [1.29, 1.82) is 0 Å². The number of rotatable bonds is 5. The van der Waals surface area contributed by atoms with Gasteiger partial charge in [0.2, 0.25) is 0 Å². The highest BCUT2D eigenvalue weighted by Crippen LogP contribution is 2.26. The minimum Gasteiger partial charge on any atom is -0.330 e. The van der Waals surface area contributed by atoms with Gasteiger partial charge in [-0.2, -0.15) is 0 Å². The zero-order chi connectivity index (χ0) is 13.1. The molecule has 0 aliphatic heterocycles. The molecule has 5 nitrogen and oxygen atoms in total. The molecule has 0 saturated carbocycles. The van der Waals surface area contributed by atoms with Gasteiger partial charge in [0, 0.05) is 24.1 Å². The van der Waals surface area contributed by atoms with Crippen molar-refractivity contribution in [3.63, 3.8) is 0 Å². The van der Waals surface area contributed by atoms with Crippen molar-refractivity contribution in [2.45, 2.75) is 31.2 Å². The molecule has 0 aliphatic carbocycles. The predicted octanol–water partition coefficient (Wildman–Crippen LogP) is 1.68. The van der Waals surface area contributed by atoms with Crippen LogP contribution in [-0.2, 0) is 19.2 Å². The molecule has 2 heterocycles. The first kappa shape index (κ1) is 13.5. The van der Waals surface area contributed by atoms with Crippen molar-refractivity contribution < 1.29 is 0 Å². The minimum absolute atomic E-state index is 0.601. The zero-order valence-electron chi connectivity index (χ0n) is 10.8. The van der Waals surface area contributed by atoms with Gasteiger partial charge in [-0.3, -0.25) is 0 Å². The first-order valence-corrected chi connectivity index (χ1v) is 7.56. The summed E-state index contributed by atoms with van der Waals surface area (Å²) in [5.74, 6) is 1.84. The van der Waals surface area contributed by atoms with E-state index in [0.29, 0.717) is 6.54 Å². The summed E-state index contributed by atoms with van der Waals surface area (Å²) in [7, 11) is 1.98. The standard InChI is InChI=1S/C11H17N5S2/c1-7-9(18-8(2)13-7)6-17-11-15-14-10(4-5-12)16(11)3/h4-6,12H2,1-3H3. The van der Waals surface area contributed by atoms with Gasteiger partial charge in [-0.15, -0.1) is 21.5 Å². The normalized spacial score (nSPS) is 11.1. The average Bonchev–Trinajstić information content (AvgIpc) is 2.82. The van der Waals surface area contributed by atoms with E-state index in [1.54, 1.807) is 23.1 Å². The Kier molecular flexibility index (Phi) is 4.36. The van der Waals surface area contributed by atoms with Crippen molar-refractivity contribution in [1.82, 2.24) is 19.7 Å². The number of thiazole rings is 1. The van der Waals surface area contributed by atoms with Crippen molar-refractivity contribution >= 4 is 23.1 Å². The van der Waals surface area contributed by atoms with Crippen LogP contribution in [0.15, 0.2) is 5.16 Å². The van der Waals surface area contributed by atoms with E-state index in [2.05, 4.69) is 22.1 Å². The van der Waals surface area contributed by atoms with Crippen LogP contribution in [0.3, 0.4) is 0 Å². The molecule has 0 aliphatic rings. The predicted molar refractivity (Wildman–Crippen MR) is 74.9 cm³/mol. The maximum Gasteiger partial charge on any atom is 0.191 e. The van der Waals surface area contributed by atoms with Crippen LogP contribution in [0, 0.1) is 13.8 Å². The largest absolute Gasteiger partial charge is 0.330 e. The molecular formula is C11H17N5S2. The van der Waals surface area contributed by atoms with Crippen LogP contribution in [0.1, 0.15) is 21.4 Å². The topological polar surface area (TPSA) is 69.6 Å². The third kappa shape index (κ3) is 2.90. The van der Waals surface area contributed by atoms with Gasteiger partial charge in [-0.1, -0.05) is 11.8 Å². The highest BCUT2D eigenvalue weighted by molar-refractivity contribution is 7.98. The maximum absolute atomic E-state index is 5.53. The van der Waals surface area contributed by atoms with Gasteiger partial charge >= 0.3 is 0 Å². The summed E-state index contributed by atoms with van der Waals surface area (Å²) in [5.41, 5.74) is 6.65. The quantitative estimate of drug-likeness (QED) is 0.846. The second-order valence-electron chi connectivity index (χ2n) is 4.03. The summed E-state index contributed by atoms with van der Waals surface area (Å²) in [4.78, 5) is 5.73. The molecule has 0 unspecified atom stereocenters. The smallest absolute Gasteiger partial charge is 0.191 e. The van der Waals surface area contributed by atoms with Crippen LogP contribution >= 0.6 is 23.1 Å². The lowest BCUT2D eigenvalue weighted by Gasteiger charge is -2.02. The summed E-state index contributed by atoms with van der Waals surface area (Å²) < 4.78 is 2.01. The molecule has 18 heavy (non-hydrogen) atoms. The number of aromatic nitrogens is 4. The molecule has 0 atom stereocenters. The van der Waals surface area contributed by atoms with Gasteiger partial charge in [-0.25, -0.2) is 4.98 Å². The molecule has 2 aromatic heterocycles. The molecule has 0 radical (unpaired) electrons. The van der Waals surface area contributed by atoms with E-state index in [1.165, 1.54) is 4.88 Å². The summed E-state index contributed by atoms with van der Waals surface area (Å²) >= 11 is 3.44. The molecule has 7 heteroatoms. The van der Waals surface area contributed by atoms with Crippen molar-refractivity contribution in [2.24, 2.45) is 12.8 Å². The van der Waals surface area contributed by atoms with Crippen molar-refractivity contribution in [2.75, 3.05) is 6.54 Å². The fourth-order valence-electron chi connectivity index (χ4n) is 1.66. The molecule has 0 fully saturated rings. The Balaban J connectivity index is 2.04. The fraction of sp³-hybridized carbons (Fsp3) is 0.545. The Labute approximate surface area is 115 Å². The minimum atomic E-state index is 0.601. The molecule has 0 saturated heterocycles. The van der Waals surface area contributed by atoms with Crippen LogP contribution < -0.4 is 5.73 Å². The zero-order valence-corrected chi connectivity index (χ0v) is 12.4. The first-order valence-electron chi connectivity index (χ1n) is 5.76. The molecule has 0 bridgehead atoms. The lowest BCUT2D eigenvalue weighted by molar-refractivity contribution is 0.727. The van der Waals surface area contributed by atoms with E-state index < -0.39 is 0 Å². The highest BCUT2D eigenvalue weighted by Gasteiger charge is 2.11. The third-order valence-electron chi connectivity index (χ3n) is 2.62. The summed E-state index contributed by atoms with van der Waals surface area (Å²) in [6, 6.07) is 0. The average molecular weight is 283 g/mol. The number of nitrogens with zero attached hydrogens (tertiary/aromatic N) is 4. The molecule has 2 rings (SSSR count). The van der Waals surface area contributed by atoms with Crippen LogP contribution in [0.5, 0.6) is 0 Å². The number of hydrogen-bond donors (Lipinski definition) is 1. The summed E-state index contributed by atoms with van der Waals surface area (Å²) in [6.45, 7) is 4.69. The van der Waals surface area contributed by atoms with Gasteiger partial charge in [0.05, 0.1) is 10.7 Å². The summed E-state index contributed by atoms with van der Waals surface area (Å²) in [5, 5.41) is 10.4. The van der Waals surface area contributed by atoms with E-state index in [4.69, 9.17) is 5.73 Å². The molecule has 0 amide bonds. The number of thioether (sulfide) groups is 1. The molecular weight excluding hydrogens is 266 g/mol. The van der Waals surface area contributed by atoms with Crippen LogP contribution in [0.2, 0.25) is 0 Å². The monoisotopic (exact) mass is 283 g/mol. The Hall–Kier alpha value is -0.920. The molecule has 0 aromatic carbocycles. The van der Waals surface area contributed by atoms with Crippen LogP contribution in [0.4, 0.5) is 0 Å². The number of nitrogens with two attached hydrogens (primary N) is 1. The van der Waals surface area contributed by atoms with E-state index in [-0.39, 0.29) is 0 Å². The summed E-state index contributed by atoms with van der Waals surface area (Å²) in [6.07, 6.45) is 0.767.